The van der Waals surface area contributed by atoms with E-state index in [-0.39, 0.29) is 34.4 Å². The Morgan fingerprint density at radius 2 is 1.56 bits per heavy atom. The molecule has 0 saturated heterocycles. The zero-order valence-corrected chi connectivity index (χ0v) is 30.6. The Hall–Kier alpha value is -3.16. The van der Waals surface area contributed by atoms with Gasteiger partial charge in [0.15, 0.2) is 0 Å². The van der Waals surface area contributed by atoms with Gasteiger partial charge in [-0.2, -0.15) is 5.10 Å². The molecule has 0 amide bonds. The predicted molar refractivity (Wildman–Crippen MR) is 195 cm³/mol. The second kappa shape index (κ2) is 12.9. The zero-order chi connectivity index (χ0) is 34.5. The second-order valence-electron chi connectivity index (χ2n) is 16.0. The number of ether oxygens (including phenoxy) is 1. The summed E-state index contributed by atoms with van der Waals surface area (Å²) in [6.07, 6.45) is 6.09. The second-order valence-corrected chi connectivity index (χ2v) is 17.7. The van der Waals surface area contributed by atoms with Gasteiger partial charge in [0.25, 0.3) is 0 Å². The predicted octanol–water partition coefficient (Wildman–Crippen LogP) is 8.65. The molecule has 3 aromatic rings. The Kier molecular flexibility index (Phi) is 9.36. The van der Waals surface area contributed by atoms with Crippen molar-refractivity contribution >= 4 is 16.5 Å². The summed E-state index contributed by atoms with van der Waals surface area (Å²) in [5, 5.41) is 29.2. The van der Waals surface area contributed by atoms with Gasteiger partial charge in [-0.05, 0) is 121 Å². The molecule has 48 heavy (non-hydrogen) atoms. The number of rotatable bonds is 8. The molecule has 3 fully saturated rings. The molecule has 0 radical (unpaired) electrons. The van der Waals surface area contributed by atoms with E-state index in [9.17, 15) is 10.2 Å². The molecule has 2 unspecified atom stereocenters. The van der Waals surface area contributed by atoms with Crippen LogP contribution in [-0.4, -0.2) is 50.1 Å². The van der Waals surface area contributed by atoms with Crippen molar-refractivity contribution in [2.75, 3.05) is 14.1 Å². The molecule has 7 atom stereocenters. The van der Waals surface area contributed by atoms with Gasteiger partial charge in [-0.1, -0.05) is 76.2 Å². The molecule has 258 valence electrons. The molecule has 0 spiro atoms. The van der Waals surface area contributed by atoms with E-state index in [1.54, 1.807) is 12.1 Å². The maximum atomic E-state index is 15.6. The van der Waals surface area contributed by atoms with Crippen LogP contribution < -0.4 is 0 Å². The van der Waals surface area contributed by atoms with Crippen LogP contribution in [0.4, 0.5) is 0 Å². The summed E-state index contributed by atoms with van der Waals surface area (Å²) in [5.41, 5.74) is 2.91. The fourth-order valence-electron chi connectivity index (χ4n) is 10.6. The van der Waals surface area contributed by atoms with Crippen molar-refractivity contribution in [3.63, 3.8) is 0 Å². The Labute approximate surface area is 290 Å². The highest BCUT2D eigenvalue weighted by Crippen LogP contribution is 2.70. The summed E-state index contributed by atoms with van der Waals surface area (Å²) in [5.74, 6) is 0.969. The normalized spacial score (nSPS) is 32.6. The number of hydrazone groups is 1. The monoisotopic (exact) mass is 670 g/mol. The van der Waals surface area contributed by atoms with Crippen LogP contribution in [0, 0.1) is 35.0 Å². The first kappa shape index (κ1) is 34.7. The molecule has 3 aromatic carbocycles. The molecular weight excluding hydrogens is 617 g/mol. The van der Waals surface area contributed by atoms with Crippen molar-refractivity contribution in [3.05, 3.63) is 89.5 Å². The summed E-state index contributed by atoms with van der Waals surface area (Å²) in [6.45, 7) is 12.1. The number of fused-ring (bicyclic) bond motifs is 3. The lowest BCUT2D eigenvalue weighted by atomic mass is 9.38. The van der Waals surface area contributed by atoms with E-state index in [2.05, 4.69) is 52.0 Å². The number of phenols is 2. The number of hydrogen-bond donors (Lipinski definition) is 2. The Balaban J connectivity index is 1.47. The van der Waals surface area contributed by atoms with Crippen LogP contribution >= 0.6 is 0 Å². The maximum absolute atomic E-state index is 15.6. The maximum Gasteiger partial charge on any atom is 0.122 e. The van der Waals surface area contributed by atoms with Gasteiger partial charge in [-0.15, -0.1) is 0 Å². The lowest BCUT2D eigenvalue weighted by Crippen LogP contribution is -2.70. The molecule has 2 N–H and O–H groups in total. The largest absolute Gasteiger partial charge is 0.508 e. The number of aromatic hydroxyl groups is 2. The van der Waals surface area contributed by atoms with E-state index >= 15 is 4.21 Å². The molecule has 0 aliphatic heterocycles. The van der Waals surface area contributed by atoms with E-state index in [0.717, 1.165) is 49.1 Å². The summed E-state index contributed by atoms with van der Waals surface area (Å²) >= 11 is 0. The first-order valence-electron chi connectivity index (χ1n) is 17.6. The van der Waals surface area contributed by atoms with E-state index in [1.165, 1.54) is 5.56 Å². The summed E-state index contributed by atoms with van der Waals surface area (Å²) in [4.78, 5) is 0.771. The Morgan fingerprint density at radius 3 is 2.23 bits per heavy atom. The van der Waals surface area contributed by atoms with E-state index in [4.69, 9.17) is 9.84 Å². The fraction of sp³-hybridized carbons (Fsp3) is 0.537. The van der Waals surface area contributed by atoms with Crippen LogP contribution in [0.25, 0.3) is 0 Å². The van der Waals surface area contributed by atoms with E-state index < -0.39 is 21.0 Å². The van der Waals surface area contributed by atoms with Crippen molar-refractivity contribution in [1.29, 1.82) is 0 Å². The first-order chi connectivity index (χ1) is 22.7. The molecule has 6 rings (SSSR count). The highest BCUT2D eigenvalue weighted by atomic mass is 32.2. The third kappa shape index (κ3) is 5.69. The van der Waals surface area contributed by atoms with Crippen LogP contribution in [0.1, 0.15) is 82.9 Å². The van der Waals surface area contributed by atoms with Crippen molar-refractivity contribution in [2.45, 2.75) is 102 Å². The number of aryl methyl sites for hydroxylation is 1. The first-order valence-corrected chi connectivity index (χ1v) is 18.8. The smallest absolute Gasteiger partial charge is 0.122 e. The minimum atomic E-state index is -1.51. The minimum absolute atomic E-state index is 0.00429. The SMILES string of the molecule is Cc1cc(O)cc(CC2(S(=O)c3ccccc3)/C(=N/N(C)C)CC[C@@H]3[C@@]4(C)CC[C@H](OCc5ccccc5)C(C)(C)[C@@H]4CC[C@]32C)c1O. The van der Waals surface area contributed by atoms with Gasteiger partial charge in [0.05, 0.1) is 29.2 Å². The van der Waals surface area contributed by atoms with Crippen LogP contribution in [0.5, 0.6) is 11.5 Å². The molecule has 0 bridgehead atoms. The highest BCUT2D eigenvalue weighted by molar-refractivity contribution is 7.87. The van der Waals surface area contributed by atoms with Gasteiger partial charge in [0.2, 0.25) is 0 Å². The van der Waals surface area contributed by atoms with Gasteiger partial charge in [0.1, 0.15) is 16.2 Å². The standard InChI is InChI=1S/C41H54N2O4S/c1-28-24-31(44)25-30(37(28)45)26-41(48(46)32-16-12-9-13-17-32)35(42-43(6)7)19-18-34-39(4)22-21-36(47-27-29-14-10-8-11-15-29)38(2,3)33(39)20-23-40(34,41)5/h8-17,24-25,33-34,36,44-45H,18-23,26-27H2,1-7H3/b42-35+/t33-,34+,36-,39-,40+,41?,48?/m0/s1. The average Bonchev–Trinajstić information content (AvgIpc) is 3.04. The van der Waals surface area contributed by atoms with Crippen molar-refractivity contribution in [1.82, 2.24) is 5.01 Å². The number of hydrogen-bond acceptors (Lipinski definition) is 6. The minimum Gasteiger partial charge on any atom is -0.508 e. The molecule has 3 saturated carbocycles. The van der Waals surface area contributed by atoms with Crippen molar-refractivity contribution in [3.8, 4) is 11.5 Å². The number of nitrogens with zero attached hydrogens (tertiary/aromatic N) is 2. The van der Waals surface area contributed by atoms with Crippen LogP contribution in [-0.2, 0) is 28.6 Å². The Morgan fingerprint density at radius 1 is 0.896 bits per heavy atom. The molecule has 3 aliphatic carbocycles. The summed E-state index contributed by atoms with van der Waals surface area (Å²) in [6, 6.07) is 23.5. The van der Waals surface area contributed by atoms with Crippen LogP contribution in [0.15, 0.2) is 82.8 Å². The lowest BCUT2D eigenvalue weighted by molar-refractivity contribution is -0.193. The third-order valence-electron chi connectivity index (χ3n) is 12.7. The molecule has 7 heteroatoms. The zero-order valence-electron chi connectivity index (χ0n) is 29.8. The Bertz CT molecular complexity index is 1670. The molecule has 0 aromatic heterocycles. The van der Waals surface area contributed by atoms with Crippen molar-refractivity contribution in [2.24, 2.45) is 33.2 Å². The van der Waals surface area contributed by atoms with E-state index in [0.29, 0.717) is 30.1 Å². The molecule has 6 nitrogen and oxygen atoms in total. The quantitative estimate of drug-likeness (QED) is 0.185. The lowest BCUT2D eigenvalue weighted by Gasteiger charge is -2.69. The summed E-state index contributed by atoms with van der Waals surface area (Å²) in [7, 11) is 2.36. The van der Waals surface area contributed by atoms with Gasteiger partial charge < -0.3 is 20.0 Å². The highest BCUT2D eigenvalue weighted by Gasteiger charge is 2.70. The molecule has 3 aliphatic rings. The van der Waals surface area contributed by atoms with E-state index in [1.807, 2.05) is 62.4 Å². The fourth-order valence-corrected chi connectivity index (χ4v) is 12.7. The van der Waals surface area contributed by atoms with Gasteiger partial charge in [0, 0.05) is 19.0 Å². The topological polar surface area (TPSA) is 82.4 Å². The van der Waals surface area contributed by atoms with Crippen LogP contribution in [0.3, 0.4) is 0 Å². The molecule has 0 heterocycles. The number of benzene rings is 3. The van der Waals surface area contributed by atoms with Gasteiger partial charge in [-0.3, -0.25) is 4.21 Å². The molecular formula is C41H54N2O4S. The number of phenolic OH excluding ortho intramolecular Hbond substituents is 2. The van der Waals surface area contributed by atoms with Gasteiger partial charge in [-0.25, -0.2) is 0 Å². The van der Waals surface area contributed by atoms with Crippen molar-refractivity contribution < 1.29 is 19.2 Å². The summed E-state index contributed by atoms with van der Waals surface area (Å²) < 4.78 is 21.4. The van der Waals surface area contributed by atoms with Crippen LogP contribution in [0.2, 0.25) is 0 Å². The average molecular weight is 671 g/mol. The van der Waals surface area contributed by atoms with Gasteiger partial charge >= 0.3 is 0 Å². The third-order valence-corrected chi connectivity index (χ3v) is 14.9.